The molecule has 0 aliphatic carbocycles. The molecule has 0 aromatic rings. The highest BCUT2D eigenvalue weighted by atomic mass is 19.3. The van der Waals surface area contributed by atoms with Crippen molar-refractivity contribution in [3.8, 4) is 0 Å². The van der Waals surface area contributed by atoms with Gasteiger partial charge >= 0.3 is 11.9 Å². The van der Waals surface area contributed by atoms with E-state index in [0.717, 1.165) is 0 Å². The van der Waals surface area contributed by atoms with Gasteiger partial charge in [-0.05, 0) is 20.3 Å². The molecule has 0 amide bonds. The summed E-state index contributed by atoms with van der Waals surface area (Å²) in [6.07, 6.45) is 0.509. The molecule has 0 atom stereocenters. The molecule has 0 rings (SSSR count). The van der Waals surface area contributed by atoms with Gasteiger partial charge in [-0.2, -0.15) is 8.78 Å². The number of esters is 1. The zero-order valence-electron chi connectivity index (χ0n) is 7.78. The third-order valence-electron chi connectivity index (χ3n) is 1.58. The fourth-order valence-corrected chi connectivity index (χ4v) is 0.413. The Morgan fingerprint density at radius 2 is 1.75 bits per heavy atom. The summed E-state index contributed by atoms with van der Waals surface area (Å²) < 4.78 is 29.2. The molecule has 0 unspecified atom stereocenters. The first-order valence-electron chi connectivity index (χ1n) is 3.80. The normalized spacial score (nSPS) is 12.8. The van der Waals surface area contributed by atoms with Crippen molar-refractivity contribution in [3.05, 3.63) is 0 Å². The first-order chi connectivity index (χ1) is 5.19. The quantitative estimate of drug-likeness (QED) is 0.623. The lowest BCUT2D eigenvalue weighted by Gasteiger charge is -2.24. The van der Waals surface area contributed by atoms with E-state index in [1.165, 1.54) is 0 Å². The second-order valence-electron chi connectivity index (χ2n) is 3.39. The van der Waals surface area contributed by atoms with Crippen molar-refractivity contribution in [1.82, 2.24) is 0 Å². The Labute approximate surface area is 70.9 Å². The van der Waals surface area contributed by atoms with Gasteiger partial charge in [0.2, 0.25) is 0 Å². The van der Waals surface area contributed by atoms with Crippen LogP contribution in [0.3, 0.4) is 0 Å². The van der Waals surface area contributed by atoms with Crippen LogP contribution in [0.15, 0.2) is 0 Å². The van der Waals surface area contributed by atoms with Gasteiger partial charge < -0.3 is 4.74 Å². The first-order valence-corrected chi connectivity index (χ1v) is 3.80. The number of alkyl halides is 2. The van der Waals surface area contributed by atoms with E-state index >= 15 is 0 Å². The Bertz CT molecular complexity index is 170. The average molecular weight is 180 g/mol. The van der Waals surface area contributed by atoms with E-state index in [1.54, 1.807) is 20.8 Å². The maximum atomic E-state index is 12.3. The molecule has 12 heavy (non-hydrogen) atoms. The second kappa shape index (κ2) is 3.37. The first kappa shape index (κ1) is 11.3. The highest BCUT2D eigenvalue weighted by Gasteiger charge is 2.37. The summed E-state index contributed by atoms with van der Waals surface area (Å²) in [6.45, 7) is 5.48. The Kier molecular flexibility index (Phi) is 3.18. The van der Waals surface area contributed by atoms with Crippen LogP contribution in [0.4, 0.5) is 8.78 Å². The number of halogens is 2. The summed E-state index contributed by atoms with van der Waals surface area (Å²) in [5.41, 5.74) is -0.809. The van der Waals surface area contributed by atoms with Crippen LogP contribution in [0.2, 0.25) is 0 Å². The van der Waals surface area contributed by atoms with Gasteiger partial charge in [-0.15, -0.1) is 0 Å². The number of carbonyl (C=O) groups excluding carboxylic acids is 1. The van der Waals surface area contributed by atoms with Crippen molar-refractivity contribution >= 4 is 5.97 Å². The summed E-state index contributed by atoms with van der Waals surface area (Å²) >= 11 is 0. The maximum absolute atomic E-state index is 12.3. The minimum absolute atomic E-state index is 0.509. The molecule has 0 aliphatic heterocycles. The minimum Gasteiger partial charge on any atom is -0.455 e. The van der Waals surface area contributed by atoms with Crippen LogP contribution in [-0.4, -0.2) is 17.5 Å². The fourth-order valence-electron chi connectivity index (χ4n) is 0.413. The van der Waals surface area contributed by atoms with Gasteiger partial charge in [0, 0.05) is 6.92 Å². The Balaban J connectivity index is 4.20. The number of carbonyl (C=O) groups is 1. The smallest absolute Gasteiger partial charge is 0.377 e. The van der Waals surface area contributed by atoms with Crippen molar-refractivity contribution in [2.24, 2.45) is 0 Å². The number of ether oxygens (including phenoxy) is 1. The van der Waals surface area contributed by atoms with E-state index in [2.05, 4.69) is 4.74 Å². The third-order valence-corrected chi connectivity index (χ3v) is 1.58. The summed E-state index contributed by atoms with van der Waals surface area (Å²) in [7, 11) is 0. The van der Waals surface area contributed by atoms with E-state index in [9.17, 15) is 13.6 Å². The van der Waals surface area contributed by atoms with Gasteiger partial charge in [0.25, 0.3) is 0 Å². The van der Waals surface area contributed by atoms with E-state index < -0.39 is 17.5 Å². The predicted octanol–water partition coefficient (Wildman–Crippen LogP) is 2.37. The molecular formula is C8H14F2O2. The molecule has 0 aromatic carbocycles. The molecule has 4 heteroatoms. The van der Waals surface area contributed by atoms with Gasteiger partial charge in [0.05, 0.1) is 0 Å². The molecule has 0 aliphatic rings. The molecule has 0 saturated carbocycles. The molecule has 72 valence electrons. The van der Waals surface area contributed by atoms with Crippen molar-refractivity contribution < 1.29 is 18.3 Å². The van der Waals surface area contributed by atoms with Gasteiger partial charge in [0.15, 0.2) is 0 Å². The van der Waals surface area contributed by atoms with Crippen LogP contribution in [-0.2, 0) is 9.53 Å². The minimum atomic E-state index is -3.40. The average Bonchev–Trinajstić information content (AvgIpc) is 1.85. The van der Waals surface area contributed by atoms with Gasteiger partial charge in [-0.25, -0.2) is 4.79 Å². The molecule has 0 spiro atoms. The van der Waals surface area contributed by atoms with Crippen molar-refractivity contribution in [2.45, 2.75) is 45.6 Å². The lowest BCUT2D eigenvalue weighted by Crippen LogP contribution is -2.35. The van der Waals surface area contributed by atoms with Crippen LogP contribution in [0.25, 0.3) is 0 Å². The van der Waals surface area contributed by atoms with Crippen molar-refractivity contribution in [3.63, 3.8) is 0 Å². The van der Waals surface area contributed by atoms with E-state index in [-0.39, 0.29) is 0 Å². The highest BCUT2D eigenvalue weighted by molar-refractivity contribution is 5.77. The van der Waals surface area contributed by atoms with Gasteiger partial charge in [-0.3, -0.25) is 0 Å². The molecule has 0 saturated heterocycles. The molecule has 0 N–H and O–H groups in total. The molecular weight excluding hydrogens is 166 g/mol. The standard InChI is InChI=1S/C8H14F2O2/c1-5-7(2,3)12-6(11)8(4,9)10/h5H2,1-4H3. The van der Waals surface area contributed by atoms with Crippen molar-refractivity contribution in [1.29, 1.82) is 0 Å². The van der Waals surface area contributed by atoms with E-state index in [0.29, 0.717) is 13.3 Å². The zero-order chi connectivity index (χ0) is 9.99. The molecule has 2 nitrogen and oxygen atoms in total. The number of hydrogen-bond acceptors (Lipinski definition) is 2. The SMILES string of the molecule is CCC(C)(C)OC(=O)C(C)(F)F. The molecule has 0 fully saturated rings. The van der Waals surface area contributed by atoms with Gasteiger partial charge in [-0.1, -0.05) is 6.92 Å². The summed E-state index contributed by atoms with van der Waals surface area (Å²) in [6, 6.07) is 0. The number of hydrogen-bond donors (Lipinski definition) is 0. The maximum Gasteiger partial charge on any atom is 0.377 e. The third kappa shape index (κ3) is 3.64. The van der Waals surface area contributed by atoms with E-state index in [1.807, 2.05) is 0 Å². The number of rotatable bonds is 3. The van der Waals surface area contributed by atoms with Crippen LogP contribution >= 0.6 is 0 Å². The fraction of sp³-hybridized carbons (Fsp3) is 0.875. The van der Waals surface area contributed by atoms with E-state index in [4.69, 9.17) is 0 Å². The second-order valence-corrected chi connectivity index (χ2v) is 3.39. The molecule has 0 aromatic heterocycles. The van der Waals surface area contributed by atoms with Crippen LogP contribution in [0, 0.1) is 0 Å². The van der Waals surface area contributed by atoms with Crippen LogP contribution in [0.5, 0.6) is 0 Å². The largest absolute Gasteiger partial charge is 0.455 e. The summed E-state index contributed by atoms with van der Waals surface area (Å²) in [5.74, 6) is -4.86. The molecule has 0 bridgehead atoms. The van der Waals surface area contributed by atoms with Gasteiger partial charge in [0.1, 0.15) is 5.60 Å². The zero-order valence-corrected chi connectivity index (χ0v) is 7.78. The topological polar surface area (TPSA) is 26.3 Å². The Morgan fingerprint density at radius 3 is 2.00 bits per heavy atom. The van der Waals surface area contributed by atoms with Crippen LogP contribution in [0.1, 0.15) is 34.1 Å². The monoisotopic (exact) mass is 180 g/mol. The summed E-state index contributed by atoms with van der Waals surface area (Å²) in [4.78, 5) is 10.7. The molecule has 0 radical (unpaired) electrons. The molecule has 0 heterocycles. The predicted molar refractivity (Wildman–Crippen MR) is 41.1 cm³/mol. The lowest BCUT2D eigenvalue weighted by atomic mass is 10.1. The Hall–Kier alpha value is -0.670. The lowest BCUT2D eigenvalue weighted by molar-refractivity contribution is -0.182. The Morgan fingerprint density at radius 1 is 1.33 bits per heavy atom. The summed E-state index contributed by atoms with van der Waals surface area (Å²) in [5, 5.41) is 0. The van der Waals surface area contributed by atoms with Crippen LogP contribution < -0.4 is 0 Å². The van der Waals surface area contributed by atoms with Crippen molar-refractivity contribution in [2.75, 3.05) is 0 Å². The highest BCUT2D eigenvalue weighted by Crippen LogP contribution is 2.20.